The Bertz CT molecular complexity index is 488. The Morgan fingerprint density at radius 2 is 2.11 bits per heavy atom. The molecule has 0 amide bonds. The van der Waals surface area contributed by atoms with E-state index in [4.69, 9.17) is 4.74 Å². The highest BCUT2D eigenvalue weighted by molar-refractivity contribution is 7.90. The van der Waals surface area contributed by atoms with Crippen molar-refractivity contribution < 1.29 is 17.5 Å². The van der Waals surface area contributed by atoms with Crippen LogP contribution in [-0.2, 0) is 16.4 Å². The summed E-state index contributed by atoms with van der Waals surface area (Å²) in [4.78, 5) is 0. The van der Waals surface area contributed by atoms with Crippen molar-refractivity contribution in [1.82, 2.24) is 5.32 Å². The number of sulfone groups is 1. The summed E-state index contributed by atoms with van der Waals surface area (Å²) in [6.45, 7) is 1.09. The van der Waals surface area contributed by atoms with Gasteiger partial charge in [0.2, 0.25) is 0 Å². The molecule has 4 nitrogen and oxygen atoms in total. The van der Waals surface area contributed by atoms with Gasteiger partial charge in [-0.05, 0) is 30.7 Å². The van der Waals surface area contributed by atoms with Gasteiger partial charge < -0.3 is 10.1 Å². The van der Waals surface area contributed by atoms with Gasteiger partial charge in [-0.1, -0.05) is 6.07 Å². The Hall–Kier alpha value is -1.14. The van der Waals surface area contributed by atoms with Crippen LogP contribution in [0.15, 0.2) is 18.2 Å². The third-order valence-electron chi connectivity index (χ3n) is 2.41. The topological polar surface area (TPSA) is 55.4 Å². The minimum absolute atomic E-state index is 0.164. The molecule has 6 heteroatoms. The molecule has 0 aromatic heterocycles. The molecule has 0 unspecified atom stereocenters. The normalized spacial score (nSPS) is 11.5. The Kier molecular flexibility index (Phi) is 5.55. The van der Waals surface area contributed by atoms with Crippen molar-refractivity contribution in [3.05, 3.63) is 29.6 Å². The molecule has 0 aliphatic carbocycles. The fourth-order valence-corrected chi connectivity index (χ4v) is 2.18. The minimum Gasteiger partial charge on any atom is -0.494 e. The van der Waals surface area contributed by atoms with E-state index in [0.717, 1.165) is 5.56 Å². The van der Waals surface area contributed by atoms with Gasteiger partial charge in [-0.3, -0.25) is 0 Å². The molecule has 0 heterocycles. The Morgan fingerprint density at radius 1 is 1.39 bits per heavy atom. The lowest BCUT2D eigenvalue weighted by Crippen LogP contribution is -2.17. The molecule has 1 N–H and O–H groups in total. The number of ether oxygens (including phenoxy) is 1. The molecule has 1 aromatic rings. The van der Waals surface area contributed by atoms with E-state index in [1.807, 2.05) is 0 Å². The van der Waals surface area contributed by atoms with E-state index < -0.39 is 15.7 Å². The van der Waals surface area contributed by atoms with Crippen molar-refractivity contribution in [3.63, 3.8) is 0 Å². The third-order valence-corrected chi connectivity index (χ3v) is 3.44. The summed E-state index contributed by atoms with van der Waals surface area (Å²) >= 11 is 0. The van der Waals surface area contributed by atoms with Gasteiger partial charge in [0.25, 0.3) is 0 Å². The first-order chi connectivity index (χ1) is 8.42. The second-order valence-corrected chi connectivity index (χ2v) is 6.39. The van der Waals surface area contributed by atoms with Crippen molar-refractivity contribution in [2.24, 2.45) is 0 Å². The van der Waals surface area contributed by atoms with Crippen LogP contribution in [0, 0.1) is 5.82 Å². The highest BCUT2D eigenvalue weighted by atomic mass is 32.2. The van der Waals surface area contributed by atoms with Crippen LogP contribution in [-0.4, -0.2) is 34.1 Å². The lowest BCUT2D eigenvalue weighted by atomic mass is 10.2. The lowest BCUT2D eigenvalue weighted by molar-refractivity contribution is 0.386. The number of methoxy groups -OCH3 is 1. The second kappa shape index (κ2) is 6.70. The molecule has 0 radical (unpaired) electrons. The minimum atomic E-state index is -2.90. The van der Waals surface area contributed by atoms with E-state index in [1.54, 1.807) is 12.1 Å². The SMILES string of the molecule is COc1ccc(CNCCCS(C)(=O)=O)cc1F. The van der Waals surface area contributed by atoms with Crippen LogP contribution >= 0.6 is 0 Å². The predicted molar refractivity (Wildman–Crippen MR) is 69.0 cm³/mol. The van der Waals surface area contributed by atoms with Crippen molar-refractivity contribution in [1.29, 1.82) is 0 Å². The van der Waals surface area contributed by atoms with E-state index in [9.17, 15) is 12.8 Å². The van der Waals surface area contributed by atoms with Crippen LogP contribution in [0.2, 0.25) is 0 Å². The largest absolute Gasteiger partial charge is 0.494 e. The summed E-state index contributed by atoms with van der Waals surface area (Å²) in [6.07, 6.45) is 1.77. The monoisotopic (exact) mass is 275 g/mol. The second-order valence-electron chi connectivity index (χ2n) is 4.13. The molecule has 102 valence electrons. The number of nitrogens with one attached hydrogen (secondary N) is 1. The molecule has 1 aromatic carbocycles. The fourth-order valence-electron chi connectivity index (χ4n) is 1.51. The van der Waals surface area contributed by atoms with Crippen molar-refractivity contribution in [3.8, 4) is 5.75 Å². The summed E-state index contributed by atoms with van der Waals surface area (Å²) in [5.74, 6) is -0.0134. The molecular weight excluding hydrogens is 257 g/mol. The molecule has 0 aliphatic rings. The average molecular weight is 275 g/mol. The lowest BCUT2D eigenvalue weighted by Gasteiger charge is -2.06. The van der Waals surface area contributed by atoms with Crippen LogP contribution in [0.5, 0.6) is 5.75 Å². The van der Waals surface area contributed by atoms with Gasteiger partial charge >= 0.3 is 0 Å². The molecule has 18 heavy (non-hydrogen) atoms. The fraction of sp³-hybridized carbons (Fsp3) is 0.500. The molecule has 0 saturated carbocycles. The van der Waals surface area contributed by atoms with Crippen LogP contribution in [0.4, 0.5) is 4.39 Å². The van der Waals surface area contributed by atoms with E-state index in [2.05, 4.69) is 5.32 Å². The van der Waals surface area contributed by atoms with Gasteiger partial charge in [-0.25, -0.2) is 12.8 Å². The molecular formula is C12H18FNO3S. The van der Waals surface area contributed by atoms with E-state index in [1.165, 1.54) is 19.4 Å². The Labute approximate surface area is 107 Å². The maximum Gasteiger partial charge on any atom is 0.165 e. The van der Waals surface area contributed by atoms with Crippen LogP contribution in [0.1, 0.15) is 12.0 Å². The molecule has 0 atom stereocenters. The smallest absolute Gasteiger partial charge is 0.165 e. The Balaban J connectivity index is 2.34. The molecule has 1 rings (SSSR count). The van der Waals surface area contributed by atoms with Crippen LogP contribution in [0.25, 0.3) is 0 Å². The first-order valence-corrected chi connectivity index (χ1v) is 7.69. The highest BCUT2D eigenvalue weighted by Gasteiger charge is 2.04. The summed E-state index contributed by atoms with van der Waals surface area (Å²) in [6, 6.07) is 4.75. The maximum atomic E-state index is 13.3. The van der Waals surface area contributed by atoms with E-state index in [-0.39, 0.29) is 11.5 Å². The zero-order chi connectivity index (χ0) is 13.6. The van der Waals surface area contributed by atoms with Gasteiger partial charge in [-0.2, -0.15) is 0 Å². The molecule has 0 fully saturated rings. The van der Waals surface area contributed by atoms with E-state index >= 15 is 0 Å². The predicted octanol–water partition coefficient (Wildman–Crippen LogP) is 1.36. The van der Waals surface area contributed by atoms with Crippen molar-refractivity contribution >= 4 is 9.84 Å². The molecule has 0 bridgehead atoms. The number of rotatable bonds is 7. The zero-order valence-corrected chi connectivity index (χ0v) is 11.4. The third kappa shape index (κ3) is 5.46. The quantitative estimate of drug-likeness (QED) is 0.763. The summed E-state index contributed by atoms with van der Waals surface area (Å²) in [5, 5.41) is 3.07. The number of hydrogen-bond donors (Lipinski definition) is 1. The first-order valence-electron chi connectivity index (χ1n) is 5.63. The van der Waals surface area contributed by atoms with Crippen LogP contribution in [0.3, 0.4) is 0 Å². The number of benzene rings is 1. The van der Waals surface area contributed by atoms with Gasteiger partial charge in [0.15, 0.2) is 11.6 Å². The standard InChI is InChI=1S/C12H18FNO3S/c1-17-12-5-4-10(8-11(12)13)9-14-6-3-7-18(2,15)16/h4-5,8,14H,3,6-7,9H2,1-2H3. The number of halogens is 1. The van der Waals surface area contributed by atoms with Crippen molar-refractivity contribution in [2.75, 3.05) is 25.7 Å². The van der Waals surface area contributed by atoms with Gasteiger partial charge in [0.1, 0.15) is 9.84 Å². The van der Waals surface area contributed by atoms with Crippen LogP contribution < -0.4 is 10.1 Å². The summed E-state index contributed by atoms with van der Waals surface area (Å²) < 4.78 is 39.9. The van der Waals surface area contributed by atoms with E-state index in [0.29, 0.717) is 19.5 Å². The maximum absolute atomic E-state index is 13.3. The van der Waals surface area contributed by atoms with Crippen molar-refractivity contribution in [2.45, 2.75) is 13.0 Å². The molecule has 0 spiro atoms. The Morgan fingerprint density at radius 3 is 2.67 bits per heavy atom. The highest BCUT2D eigenvalue weighted by Crippen LogP contribution is 2.17. The summed E-state index contributed by atoms with van der Waals surface area (Å²) in [7, 11) is -1.48. The first kappa shape index (κ1) is 14.9. The average Bonchev–Trinajstić information content (AvgIpc) is 2.27. The molecule has 0 aliphatic heterocycles. The molecule has 0 saturated heterocycles. The van der Waals surface area contributed by atoms with Gasteiger partial charge in [-0.15, -0.1) is 0 Å². The number of hydrogen-bond acceptors (Lipinski definition) is 4. The summed E-state index contributed by atoms with van der Waals surface area (Å²) in [5.41, 5.74) is 0.799. The van der Waals surface area contributed by atoms with Gasteiger partial charge in [0.05, 0.1) is 12.9 Å². The zero-order valence-electron chi connectivity index (χ0n) is 10.6. The van der Waals surface area contributed by atoms with Gasteiger partial charge in [0, 0.05) is 12.8 Å².